The molecular weight excluding hydrogens is 366 g/mol. The molecule has 1 amide bonds. The van der Waals surface area contributed by atoms with E-state index in [1.165, 1.54) is 12.1 Å². The second kappa shape index (κ2) is 8.10. The van der Waals surface area contributed by atoms with Crippen LogP contribution in [0.3, 0.4) is 0 Å². The van der Waals surface area contributed by atoms with Crippen LogP contribution in [0.5, 0.6) is 5.75 Å². The molecule has 3 rings (SSSR count). The van der Waals surface area contributed by atoms with Gasteiger partial charge in [-0.3, -0.25) is 4.79 Å². The maximum atomic E-state index is 12.0. The normalized spacial score (nSPS) is 11.8. The third-order valence-corrected chi connectivity index (χ3v) is 4.27. The number of carbonyl (C=O) groups excluding carboxylic acids is 1. The minimum Gasteiger partial charge on any atom is -0.479 e. The molecule has 0 fully saturated rings. The van der Waals surface area contributed by atoms with Gasteiger partial charge in [-0.25, -0.2) is 4.79 Å². The van der Waals surface area contributed by atoms with Gasteiger partial charge < -0.3 is 14.5 Å². The van der Waals surface area contributed by atoms with Gasteiger partial charge in [0.15, 0.2) is 6.10 Å². The molecule has 1 atom stereocenters. The van der Waals surface area contributed by atoms with Gasteiger partial charge in [0.2, 0.25) is 0 Å². The van der Waals surface area contributed by atoms with Gasteiger partial charge in [-0.15, -0.1) is 6.58 Å². The SMILES string of the molecule is C=CCNC(=O)C(C)Oc1cc2oc(=O)cc(-c3ccccc3)c2cc1Cl. The zero-order valence-electron chi connectivity index (χ0n) is 14.7. The van der Waals surface area contributed by atoms with E-state index in [0.29, 0.717) is 28.1 Å². The van der Waals surface area contributed by atoms with Crippen LogP contribution in [0.4, 0.5) is 0 Å². The average Bonchev–Trinajstić information content (AvgIpc) is 2.67. The average molecular weight is 384 g/mol. The summed E-state index contributed by atoms with van der Waals surface area (Å²) in [7, 11) is 0. The quantitative estimate of drug-likeness (QED) is 0.512. The summed E-state index contributed by atoms with van der Waals surface area (Å²) in [5.41, 5.74) is 1.44. The van der Waals surface area contributed by atoms with E-state index in [1.807, 2.05) is 30.3 Å². The standard InChI is InChI=1S/C21H18ClNO4/c1-3-9-23-21(25)13(2)26-19-12-18-16(10-17(19)22)15(11-20(24)27-18)14-7-5-4-6-8-14/h3-8,10-13H,1,9H2,2H3,(H,23,25). The Bertz CT molecular complexity index is 1040. The summed E-state index contributed by atoms with van der Waals surface area (Å²) in [6.07, 6.45) is 0.803. The first-order chi connectivity index (χ1) is 13.0. The maximum absolute atomic E-state index is 12.0. The Balaban J connectivity index is 2.01. The second-order valence-electron chi connectivity index (χ2n) is 5.92. The van der Waals surface area contributed by atoms with Gasteiger partial charge in [-0.2, -0.15) is 0 Å². The van der Waals surface area contributed by atoms with Gasteiger partial charge in [0, 0.05) is 24.1 Å². The molecule has 3 aromatic rings. The Morgan fingerprint density at radius 2 is 2.04 bits per heavy atom. The zero-order valence-corrected chi connectivity index (χ0v) is 15.5. The number of amides is 1. The molecule has 0 saturated heterocycles. The molecule has 2 aromatic carbocycles. The molecule has 1 aromatic heterocycles. The van der Waals surface area contributed by atoms with Crippen LogP contribution >= 0.6 is 11.6 Å². The van der Waals surface area contributed by atoms with E-state index in [1.54, 1.807) is 19.1 Å². The summed E-state index contributed by atoms with van der Waals surface area (Å²) >= 11 is 6.36. The lowest BCUT2D eigenvalue weighted by molar-refractivity contribution is -0.127. The monoisotopic (exact) mass is 383 g/mol. The molecule has 0 aliphatic heterocycles. The molecular formula is C21H18ClNO4. The maximum Gasteiger partial charge on any atom is 0.336 e. The highest BCUT2D eigenvalue weighted by molar-refractivity contribution is 6.33. The van der Waals surface area contributed by atoms with Gasteiger partial charge in [0.05, 0.1) is 5.02 Å². The van der Waals surface area contributed by atoms with Crippen molar-refractivity contribution in [1.82, 2.24) is 5.32 Å². The largest absolute Gasteiger partial charge is 0.479 e. The third kappa shape index (κ3) is 4.20. The summed E-state index contributed by atoms with van der Waals surface area (Å²) in [4.78, 5) is 24.0. The third-order valence-electron chi connectivity index (χ3n) is 3.98. The Hall–Kier alpha value is -3.05. The van der Waals surface area contributed by atoms with E-state index < -0.39 is 11.7 Å². The Kier molecular flexibility index (Phi) is 5.62. The fourth-order valence-corrected chi connectivity index (χ4v) is 2.88. The number of benzene rings is 2. The minimum atomic E-state index is -0.774. The lowest BCUT2D eigenvalue weighted by Gasteiger charge is -2.16. The first-order valence-corrected chi connectivity index (χ1v) is 8.75. The molecule has 0 spiro atoms. The molecule has 1 N–H and O–H groups in total. The Morgan fingerprint density at radius 3 is 2.74 bits per heavy atom. The molecule has 6 heteroatoms. The number of fused-ring (bicyclic) bond motifs is 1. The topological polar surface area (TPSA) is 68.5 Å². The van der Waals surface area contributed by atoms with Crippen LogP contribution in [-0.4, -0.2) is 18.6 Å². The van der Waals surface area contributed by atoms with E-state index in [0.717, 1.165) is 5.56 Å². The van der Waals surface area contributed by atoms with E-state index in [-0.39, 0.29) is 11.7 Å². The number of ether oxygens (including phenoxy) is 1. The lowest BCUT2D eigenvalue weighted by atomic mass is 10.0. The highest BCUT2D eigenvalue weighted by Gasteiger charge is 2.18. The fraction of sp³-hybridized carbons (Fsp3) is 0.143. The molecule has 1 heterocycles. The van der Waals surface area contributed by atoms with Crippen molar-refractivity contribution in [3.8, 4) is 16.9 Å². The zero-order chi connectivity index (χ0) is 19.4. The molecule has 0 bridgehead atoms. The number of carbonyl (C=O) groups is 1. The van der Waals surface area contributed by atoms with Gasteiger partial charge >= 0.3 is 5.63 Å². The molecule has 138 valence electrons. The summed E-state index contributed by atoms with van der Waals surface area (Å²) in [6, 6.07) is 14.1. The van der Waals surface area contributed by atoms with Crippen molar-refractivity contribution in [1.29, 1.82) is 0 Å². The predicted octanol–water partition coefficient (Wildman–Crippen LogP) is 4.18. The minimum absolute atomic E-state index is 0.263. The van der Waals surface area contributed by atoms with Crippen LogP contribution in [0.1, 0.15) is 6.92 Å². The molecule has 0 aliphatic carbocycles. The van der Waals surface area contributed by atoms with Crippen molar-refractivity contribution in [2.75, 3.05) is 6.54 Å². The van der Waals surface area contributed by atoms with Crippen LogP contribution in [0, 0.1) is 0 Å². The Morgan fingerprint density at radius 1 is 1.30 bits per heavy atom. The lowest BCUT2D eigenvalue weighted by Crippen LogP contribution is -2.36. The van der Waals surface area contributed by atoms with Crippen LogP contribution < -0.4 is 15.7 Å². The van der Waals surface area contributed by atoms with Gasteiger partial charge in [0.25, 0.3) is 5.91 Å². The van der Waals surface area contributed by atoms with E-state index >= 15 is 0 Å². The van der Waals surface area contributed by atoms with Gasteiger partial charge in [-0.1, -0.05) is 48.0 Å². The highest BCUT2D eigenvalue weighted by atomic mass is 35.5. The van der Waals surface area contributed by atoms with Gasteiger partial charge in [-0.05, 0) is 24.1 Å². The van der Waals surface area contributed by atoms with Crippen molar-refractivity contribution in [3.63, 3.8) is 0 Å². The van der Waals surface area contributed by atoms with Crippen LogP contribution in [0.25, 0.3) is 22.1 Å². The van der Waals surface area contributed by atoms with Crippen LogP contribution in [0.2, 0.25) is 5.02 Å². The molecule has 27 heavy (non-hydrogen) atoms. The number of nitrogens with one attached hydrogen (secondary N) is 1. The van der Waals surface area contributed by atoms with Crippen LogP contribution in [0.15, 0.2) is 70.4 Å². The summed E-state index contributed by atoms with van der Waals surface area (Å²) < 4.78 is 11.0. The molecule has 0 radical (unpaired) electrons. The second-order valence-corrected chi connectivity index (χ2v) is 6.33. The summed E-state index contributed by atoms with van der Waals surface area (Å²) in [5, 5.41) is 3.65. The number of halogens is 1. The first kappa shape index (κ1) is 18.7. The van der Waals surface area contributed by atoms with E-state index in [2.05, 4.69) is 11.9 Å². The molecule has 1 unspecified atom stereocenters. The van der Waals surface area contributed by atoms with Crippen LogP contribution in [-0.2, 0) is 4.79 Å². The number of rotatable bonds is 6. The van der Waals surface area contributed by atoms with E-state index in [9.17, 15) is 9.59 Å². The molecule has 0 aliphatic rings. The summed E-state index contributed by atoms with van der Waals surface area (Å²) in [5.74, 6) is -0.0377. The number of hydrogen-bond acceptors (Lipinski definition) is 4. The van der Waals surface area contributed by atoms with Crippen molar-refractivity contribution < 1.29 is 13.9 Å². The smallest absolute Gasteiger partial charge is 0.336 e. The highest BCUT2D eigenvalue weighted by Crippen LogP contribution is 2.35. The predicted molar refractivity (Wildman–Crippen MR) is 106 cm³/mol. The Labute approximate surface area is 161 Å². The van der Waals surface area contributed by atoms with E-state index in [4.69, 9.17) is 20.8 Å². The molecule has 0 saturated carbocycles. The van der Waals surface area contributed by atoms with Crippen molar-refractivity contribution in [2.45, 2.75) is 13.0 Å². The van der Waals surface area contributed by atoms with Crippen molar-refractivity contribution in [3.05, 3.63) is 76.6 Å². The van der Waals surface area contributed by atoms with Crippen molar-refractivity contribution in [2.24, 2.45) is 0 Å². The van der Waals surface area contributed by atoms with Crippen molar-refractivity contribution >= 4 is 28.5 Å². The summed E-state index contributed by atoms with van der Waals surface area (Å²) in [6.45, 7) is 5.49. The van der Waals surface area contributed by atoms with Gasteiger partial charge in [0.1, 0.15) is 11.3 Å². The number of hydrogen-bond donors (Lipinski definition) is 1. The fourth-order valence-electron chi connectivity index (χ4n) is 2.67. The molecule has 5 nitrogen and oxygen atoms in total. The first-order valence-electron chi connectivity index (χ1n) is 8.37.